The third-order valence-electron chi connectivity index (χ3n) is 3.38. The van der Waals surface area contributed by atoms with Gasteiger partial charge in [0.15, 0.2) is 6.61 Å². The monoisotopic (exact) mass is 391 g/mol. The second kappa shape index (κ2) is 7.92. The largest absolute Gasteiger partial charge is 0.452 e. The van der Waals surface area contributed by atoms with Crippen LogP contribution in [0.15, 0.2) is 34.8 Å². The Hall–Kier alpha value is -2.41. The molecular weight excluding hydrogens is 374 g/mol. The maximum atomic E-state index is 11.9. The highest BCUT2D eigenvalue weighted by atomic mass is 79.9. The minimum Gasteiger partial charge on any atom is -0.452 e. The number of nitrogens with zero attached hydrogens (tertiary/aromatic N) is 2. The summed E-state index contributed by atoms with van der Waals surface area (Å²) < 4.78 is 7.53. The van der Waals surface area contributed by atoms with Gasteiger partial charge in [0.25, 0.3) is 5.91 Å². The molecule has 0 aliphatic carbocycles. The molecule has 0 saturated carbocycles. The van der Waals surface area contributed by atoms with E-state index in [2.05, 4.69) is 26.3 Å². The van der Waals surface area contributed by atoms with Gasteiger partial charge in [-0.05, 0) is 37.6 Å². The van der Waals surface area contributed by atoms with E-state index in [1.165, 1.54) is 6.08 Å². The molecule has 1 aromatic heterocycles. The molecule has 0 atom stereocenters. The van der Waals surface area contributed by atoms with Gasteiger partial charge in [-0.15, -0.1) is 0 Å². The summed E-state index contributed by atoms with van der Waals surface area (Å²) in [5.41, 5.74) is 3.04. The highest BCUT2D eigenvalue weighted by molar-refractivity contribution is 9.10. The van der Waals surface area contributed by atoms with Crippen LogP contribution in [-0.4, -0.2) is 28.3 Å². The fourth-order valence-electron chi connectivity index (χ4n) is 2.09. The molecule has 1 heterocycles. The van der Waals surface area contributed by atoms with Gasteiger partial charge in [0.2, 0.25) is 0 Å². The molecule has 6 nitrogen and oxygen atoms in total. The number of amides is 1. The molecule has 1 amide bonds. The van der Waals surface area contributed by atoms with Crippen LogP contribution in [-0.2, 0) is 21.4 Å². The SMILES string of the molecule is Cc1nn(C)c(C)c1NC(=O)COC(=O)/C=C/c1cccc(Br)c1. The molecule has 0 unspecified atom stereocenters. The predicted octanol–water partition coefficient (Wildman–Crippen LogP) is 2.99. The Morgan fingerprint density at radius 2 is 2.12 bits per heavy atom. The Morgan fingerprint density at radius 3 is 2.75 bits per heavy atom. The lowest BCUT2D eigenvalue weighted by Gasteiger charge is -2.05. The quantitative estimate of drug-likeness (QED) is 0.627. The summed E-state index contributed by atoms with van der Waals surface area (Å²) in [6.07, 6.45) is 2.91. The molecule has 1 N–H and O–H groups in total. The van der Waals surface area contributed by atoms with Gasteiger partial charge in [-0.3, -0.25) is 9.48 Å². The molecule has 0 saturated heterocycles. The van der Waals surface area contributed by atoms with E-state index in [0.29, 0.717) is 11.4 Å². The summed E-state index contributed by atoms with van der Waals surface area (Å²) in [6, 6.07) is 7.48. The summed E-state index contributed by atoms with van der Waals surface area (Å²) >= 11 is 3.35. The average Bonchev–Trinajstić information content (AvgIpc) is 2.77. The number of benzene rings is 1. The zero-order valence-electron chi connectivity index (χ0n) is 13.7. The van der Waals surface area contributed by atoms with Crippen molar-refractivity contribution in [3.05, 3.63) is 51.8 Å². The Morgan fingerprint density at radius 1 is 1.38 bits per heavy atom. The lowest BCUT2D eigenvalue weighted by molar-refractivity contribution is -0.142. The number of hydrogen-bond donors (Lipinski definition) is 1. The number of anilines is 1. The van der Waals surface area contributed by atoms with Crippen LogP contribution in [0, 0.1) is 13.8 Å². The first-order chi connectivity index (χ1) is 11.4. The minimum absolute atomic E-state index is 0.352. The molecular formula is C17H18BrN3O3. The van der Waals surface area contributed by atoms with Crippen LogP contribution in [0.4, 0.5) is 5.69 Å². The smallest absolute Gasteiger partial charge is 0.331 e. The molecule has 0 radical (unpaired) electrons. The summed E-state index contributed by atoms with van der Waals surface area (Å²) in [4.78, 5) is 23.6. The second-order valence-electron chi connectivity index (χ2n) is 5.21. The van der Waals surface area contributed by atoms with Gasteiger partial charge in [-0.1, -0.05) is 28.1 Å². The van der Waals surface area contributed by atoms with Crippen LogP contribution in [0.5, 0.6) is 0 Å². The van der Waals surface area contributed by atoms with Crippen molar-refractivity contribution in [1.82, 2.24) is 9.78 Å². The van der Waals surface area contributed by atoms with E-state index in [9.17, 15) is 9.59 Å². The molecule has 0 spiro atoms. The van der Waals surface area contributed by atoms with E-state index in [0.717, 1.165) is 15.7 Å². The van der Waals surface area contributed by atoms with Gasteiger partial charge in [0.05, 0.1) is 17.1 Å². The van der Waals surface area contributed by atoms with Crippen LogP contribution in [0.25, 0.3) is 6.08 Å². The number of hydrogen-bond acceptors (Lipinski definition) is 4. The second-order valence-corrected chi connectivity index (χ2v) is 6.13. The van der Waals surface area contributed by atoms with Crippen LogP contribution < -0.4 is 5.32 Å². The van der Waals surface area contributed by atoms with Gasteiger partial charge in [-0.2, -0.15) is 5.10 Å². The topological polar surface area (TPSA) is 73.2 Å². The number of aryl methyl sites for hydroxylation is 2. The third-order valence-corrected chi connectivity index (χ3v) is 3.87. The first-order valence-corrected chi connectivity index (χ1v) is 8.06. The van der Waals surface area contributed by atoms with E-state index in [1.807, 2.05) is 31.2 Å². The summed E-state index contributed by atoms with van der Waals surface area (Å²) in [6.45, 7) is 3.30. The molecule has 0 aliphatic rings. The fraction of sp³-hybridized carbons (Fsp3) is 0.235. The van der Waals surface area contributed by atoms with E-state index < -0.39 is 11.9 Å². The number of carbonyl (C=O) groups is 2. The standard InChI is InChI=1S/C17H18BrN3O3/c1-11-17(12(2)21(3)20-11)19-15(22)10-24-16(23)8-7-13-5-4-6-14(18)9-13/h4-9H,10H2,1-3H3,(H,19,22)/b8-7+. The predicted molar refractivity (Wildman–Crippen MR) is 95.4 cm³/mol. The highest BCUT2D eigenvalue weighted by Gasteiger charge is 2.13. The third kappa shape index (κ3) is 4.79. The van der Waals surface area contributed by atoms with Crippen molar-refractivity contribution in [3.8, 4) is 0 Å². The highest BCUT2D eigenvalue weighted by Crippen LogP contribution is 2.18. The van der Waals surface area contributed by atoms with Crippen LogP contribution in [0.1, 0.15) is 17.0 Å². The molecule has 7 heteroatoms. The molecule has 24 heavy (non-hydrogen) atoms. The van der Waals surface area contributed by atoms with Gasteiger partial charge in [0, 0.05) is 17.6 Å². The summed E-state index contributed by atoms with van der Waals surface area (Å²) in [5, 5.41) is 6.91. The lowest BCUT2D eigenvalue weighted by atomic mass is 10.2. The van der Waals surface area contributed by atoms with Crippen LogP contribution in [0.2, 0.25) is 0 Å². The van der Waals surface area contributed by atoms with E-state index in [1.54, 1.807) is 24.7 Å². The first kappa shape index (κ1) is 17.9. The summed E-state index contributed by atoms with van der Waals surface area (Å²) in [7, 11) is 1.80. The Balaban J connectivity index is 1.86. The lowest BCUT2D eigenvalue weighted by Crippen LogP contribution is -2.20. The summed E-state index contributed by atoms with van der Waals surface area (Å²) in [5.74, 6) is -0.983. The number of carbonyl (C=O) groups excluding carboxylic acids is 2. The molecule has 1 aromatic carbocycles. The Labute approximate surface area is 148 Å². The van der Waals surface area contributed by atoms with Gasteiger partial charge in [-0.25, -0.2) is 4.79 Å². The zero-order chi connectivity index (χ0) is 17.7. The van der Waals surface area contributed by atoms with Gasteiger partial charge >= 0.3 is 5.97 Å². The van der Waals surface area contributed by atoms with Crippen molar-refractivity contribution < 1.29 is 14.3 Å². The van der Waals surface area contributed by atoms with E-state index in [4.69, 9.17) is 4.74 Å². The normalized spacial score (nSPS) is 10.8. The Bertz CT molecular complexity index is 796. The number of rotatable bonds is 5. The van der Waals surface area contributed by atoms with Crippen molar-refractivity contribution in [1.29, 1.82) is 0 Å². The van der Waals surface area contributed by atoms with E-state index >= 15 is 0 Å². The molecule has 2 aromatic rings. The van der Waals surface area contributed by atoms with Gasteiger partial charge < -0.3 is 10.1 Å². The zero-order valence-corrected chi connectivity index (χ0v) is 15.3. The maximum absolute atomic E-state index is 11.9. The van der Waals surface area contributed by atoms with Gasteiger partial charge in [0.1, 0.15) is 0 Å². The molecule has 0 aliphatic heterocycles. The minimum atomic E-state index is -0.579. The van der Waals surface area contributed by atoms with Crippen molar-refractivity contribution in [2.24, 2.45) is 7.05 Å². The van der Waals surface area contributed by atoms with Crippen LogP contribution in [0.3, 0.4) is 0 Å². The molecule has 2 rings (SSSR count). The maximum Gasteiger partial charge on any atom is 0.331 e. The number of halogens is 1. The number of nitrogens with one attached hydrogen (secondary N) is 1. The number of ether oxygens (including phenoxy) is 1. The van der Waals surface area contributed by atoms with Crippen molar-refractivity contribution in [2.75, 3.05) is 11.9 Å². The molecule has 0 fully saturated rings. The fourth-order valence-corrected chi connectivity index (χ4v) is 2.51. The molecule has 126 valence electrons. The number of esters is 1. The Kier molecular flexibility index (Phi) is 5.92. The average molecular weight is 392 g/mol. The van der Waals surface area contributed by atoms with E-state index in [-0.39, 0.29) is 6.61 Å². The number of aromatic nitrogens is 2. The van der Waals surface area contributed by atoms with Crippen molar-refractivity contribution >= 4 is 39.6 Å². The first-order valence-electron chi connectivity index (χ1n) is 7.27. The van der Waals surface area contributed by atoms with Crippen molar-refractivity contribution in [3.63, 3.8) is 0 Å². The van der Waals surface area contributed by atoms with Crippen molar-refractivity contribution in [2.45, 2.75) is 13.8 Å². The van der Waals surface area contributed by atoms with Crippen LogP contribution >= 0.6 is 15.9 Å². The molecule has 0 bridgehead atoms.